The second-order valence-corrected chi connectivity index (χ2v) is 7.11. The molecular weight excluding hydrogens is 380 g/mol. The molecule has 28 heavy (non-hydrogen) atoms. The number of carbonyl (C=O) groups excluding carboxylic acids is 2. The number of amides is 2. The zero-order chi connectivity index (χ0) is 19.7. The van der Waals surface area contributed by atoms with Crippen LogP contribution in [0.4, 0.5) is 14.5 Å². The van der Waals surface area contributed by atoms with Crippen molar-refractivity contribution in [2.45, 2.75) is 4.90 Å². The number of halogens is 2. The quantitative estimate of drug-likeness (QED) is 0.583. The van der Waals surface area contributed by atoms with E-state index in [9.17, 15) is 18.4 Å². The van der Waals surface area contributed by atoms with Crippen LogP contribution in [-0.2, 0) is 9.59 Å². The summed E-state index contributed by atoms with van der Waals surface area (Å²) in [6, 6.07) is 20.6. The lowest BCUT2D eigenvalue weighted by atomic mass is 10.1. The Morgan fingerprint density at radius 2 is 1.39 bits per heavy atom. The first-order valence-electron chi connectivity index (χ1n) is 8.42. The van der Waals surface area contributed by atoms with Gasteiger partial charge in [0.25, 0.3) is 11.8 Å². The van der Waals surface area contributed by atoms with Crippen molar-refractivity contribution >= 4 is 34.8 Å². The molecule has 3 nitrogen and oxygen atoms in total. The molecule has 0 aromatic heterocycles. The van der Waals surface area contributed by atoms with Gasteiger partial charge in [0.2, 0.25) is 0 Å². The summed E-state index contributed by atoms with van der Waals surface area (Å²) in [5.41, 5.74) is 0.487. The third-order valence-electron chi connectivity index (χ3n) is 4.22. The molecule has 0 saturated carbocycles. The van der Waals surface area contributed by atoms with E-state index in [1.165, 1.54) is 0 Å². The molecule has 4 rings (SSSR count). The van der Waals surface area contributed by atoms with Gasteiger partial charge in [0.05, 0.1) is 16.2 Å². The molecule has 0 bridgehead atoms. The average Bonchev–Trinajstić information content (AvgIpc) is 2.94. The Balaban J connectivity index is 1.84. The van der Waals surface area contributed by atoms with E-state index in [2.05, 4.69) is 0 Å². The molecule has 1 heterocycles. The summed E-state index contributed by atoms with van der Waals surface area (Å²) in [6.45, 7) is 0. The van der Waals surface area contributed by atoms with Crippen molar-refractivity contribution in [2.24, 2.45) is 0 Å². The Morgan fingerprint density at radius 1 is 0.750 bits per heavy atom. The highest BCUT2D eigenvalue weighted by molar-refractivity contribution is 8.04. The van der Waals surface area contributed by atoms with E-state index in [0.717, 1.165) is 33.7 Å². The van der Waals surface area contributed by atoms with Crippen molar-refractivity contribution < 1.29 is 18.4 Å². The normalized spacial score (nSPS) is 14.1. The Kier molecular flexibility index (Phi) is 4.79. The van der Waals surface area contributed by atoms with E-state index in [1.54, 1.807) is 30.3 Å². The molecule has 0 saturated heterocycles. The molecular formula is C22H13F2NO2S. The molecule has 138 valence electrons. The summed E-state index contributed by atoms with van der Waals surface area (Å²) in [7, 11) is 0. The molecule has 0 atom stereocenters. The van der Waals surface area contributed by atoms with E-state index in [-0.39, 0.29) is 16.2 Å². The van der Waals surface area contributed by atoms with Gasteiger partial charge in [0, 0.05) is 11.0 Å². The first-order chi connectivity index (χ1) is 13.6. The fourth-order valence-corrected chi connectivity index (χ4v) is 3.97. The lowest BCUT2D eigenvalue weighted by Crippen LogP contribution is -2.32. The summed E-state index contributed by atoms with van der Waals surface area (Å²) in [4.78, 5) is 28.0. The third kappa shape index (κ3) is 3.23. The molecule has 3 aromatic carbocycles. The standard InChI is InChI=1S/C22H13F2NO2S/c23-15-11-12-18(17(24)13-15)25-21(26)19(14-7-3-1-4-8-14)20(22(25)27)28-16-9-5-2-6-10-16/h1-13H. The highest BCUT2D eigenvalue weighted by atomic mass is 32.2. The molecule has 2 amide bonds. The van der Waals surface area contributed by atoms with Gasteiger partial charge in [-0.15, -0.1) is 0 Å². The first-order valence-corrected chi connectivity index (χ1v) is 9.24. The number of imide groups is 1. The van der Waals surface area contributed by atoms with Gasteiger partial charge in [-0.3, -0.25) is 9.59 Å². The number of nitrogens with zero attached hydrogens (tertiary/aromatic N) is 1. The Labute approximate surface area is 164 Å². The van der Waals surface area contributed by atoms with Crippen LogP contribution >= 0.6 is 11.8 Å². The summed E-state index contributed by atoms with van der Waals surface area (Å²) in [5, 5.41) is 0. The van der Waals surface area contributed by atoms with Gasteiger partial charge in [-0.2, -0.15) is 0 Å². The summed E-state index contributed by atoms with van der Waals surface area (Å²) in [5.74, 6) is -3.03. The molecule has 0 spiro atoms. The first kappa shape index (κ1) is 18.1. The zero-order valence-electron chi connectivity index (χ0n) is 14.4. The lowest BCUT2D eigenvalue weighted by molar-refractivity contribution is -0.119. The molecule has 0 unspecified atom stereocenters. The van der Waals surface area contributed by atoms with Crippen LogP contribution in [0.3, 0.4) is 0 Å². The van der Waals surface area contributed by atoms with Crippen molar-refractivity contribution in [3.05, 3.63) is 101 Å². The van der Waals surface area contributed by atoms with Crippen LogP contribution in [0.2, 0.25) is 0 Å². The van der Waals surface area contributed by atoms with Crippen molar-refractivity contribution in [1.29, 1.82) is 0 Å². The number of hydrogen-bond donors (Lipinski definition) is 0. The molecule has 0 fully saturated rings. The minimum absolute atomic E-state index is 0.197. The molecule has 3 aromatic rings. The summed E-state index contributed by atoms with van der Waals surface area (Å²) in [6.07, 6.45) is 0. The number of thioether (sulfide) groups is 1. The van der Waals surface area contributed by atoms with Crippen LogP contribution in [0.25, 0.3) is 5.57 Å². The monoisotopic (exact) mass is 393 g/mol. The smallest absolute Gasteiger partial charge is 0.268 e. The second kappa shape index (κ2) is 7.40. The number of hydrogen-bond acceptors (Lipinski definition) is 3. The van der Waals surface area contributed by atoms with Crippen molar-refractivity contribution in [3.63, 3.8) is 0 Å². The molecule has 0 radical (unpaired) electrons. The maximum atomic E-state index is 14.3. The number of rotatable bonds is 4. The van der Waals surface area contributed by atoms with Crippen LogP contribution in [-0.4, -0.2) is 11.8 Å². The lowest BCUT2D eigenvalue weighted by Gasteiger charge is -2.16. The van der Waals surface area contributed by atoms with Crippen molar-refractivity contribution in [2.75, 3.05) is 4.90 Å². The minimum Gasteiger partial charge on any atom is -0.268 e. The van der Waals surface area contributed by atoms with Gasteiger partial charge in [-0.05, 0) is 29.8 Å². The van der Waals surface area contributed by atoms with E-state index in [0.29, 0.717) is 11.6 Å². The minimum atomic E-state index is -0.972. The van der Waals surface area contributed by atoms with E-state index >= 15 is 0 Å². The van der Waals surface area contributed by atoms with E-state index < -0.39 is 23.4 Å². The van der Waals surface area contributed by atoms with Crippen LogP contribution in [0, 0.1) is 11.6 Å². The second-order valence-electron chi connectivity index (χ2n) is 6.03. The maximum Gasteiger partial charge on any atom is 0.273 e. The largest absolute Gasteiger partial charge is 0.273 e. The van der Waals surface area contributed by atoms with E-state index in [4.69, 9.17) is 0 Å². The molecule has 1 aliphatic heterocycles. The Bertz CT molecular complexity index is 1100. The van der Waals surface area contributed by atoms with Gasteiger partial charge < -0.3 is 0 Å². The van der Waals surface area contributed by atoms with Crippen molar-refractivity contribution in [3.8, 4) is 0 Å². The number of carbonyl (C=O) groups is 2. The predicted octanol–water partition coefficient (Wildman–Crippen LogP) is 5.04. The molecule has 0 aliphatic carbocycles. The van der Waals surface area contributed by atoms with Crippen LogP contribution in [0.15, 0.2) is 88.7 Å². The third-order valence-corrected chi connectivity index (χ3v) is 5.31. The number of benzene rings is 3. The van der Waals surface area contributed by atoms with Crippen molar-refractivity contribution in [1.82, 2.24) is 0 Å². The van der Waals surface area contributed by atoms with E-state index in [1.807, 2.05) is 30.3 Å². The highest BCUT2D eigenvalue weighted by Gasteiger charge is 2.41. The highest BCUT2D eigenvalue weighted by Crippen LogP contribution is 2.41. The SMILES string of the molecule is O=C1C(Sc2ccccc2)=C(c2ccccc2)C(=O)N1c1ccc(F)cc1F. The topological polar surface area (TPSA) is 37.4 Å². The average molecular weight is 393 g/mol. The van der Waals surface area contributed by atoms with Crippen LogP contribution in [0.5, 0.6) is 0 Å². The van der Waals surface area contributed by atoms with Gasteiger partial charge in [0.1, 0.15) is 11.6 Å². The molecule has 1 aliphatic rings. The fourth-order valence-electron chi connectivity index (χ4n) is 2.95. The predicted molar refractivity (Wildman–Crippen MR) is 105 cm³/mol. The van der Waals surface area contributed by atoms with Crippen LogP contribution < -0.4 is 4.90 Å². The zero-order valence-corrected chi connectivity index (χ0v) is 15.2. The van der Waals surface area contributed by atoms with Gasteiger partial charge in [0.15, 0.2) is 0 Å². The Morgan fingerprint density at radius 3 is 2.04 bits per heavy atom. The van der Waals surface area contributed by atoms with Gasteiger partial charge in [-0.25, -0.2) is 13.7 Å². The van der Waals surface area contributed by atoms with Gasteiger partial charge in [-0.1, -0.05) is 60.3 Å². The molecule has 0 N–H and O–H groups in total. The summed E-state index contributed by atoms with van der Waals surface area (Å²) < 4.78 is 27.6. The maximum absolute atomic E-state index is 14.3. The number of anilines is 1. The van der Waals surface area contributed by atoms with Gasteiger partial charge >= 0.3 is 0 Å². The fraction of sp³-hybridized carbons (Fsp3) is 0. The molecule has 6 heteroatoms. The summed E-state index contributed by atoms with van der Waals surface area (Å²) >= 11 is 1.14. The Hall–Kier alpha value is -3.25. The van der Waals surface area contributed by atoms with Crippen LogP contribution in [0.1, 0.15) is 5.56 Å².